The van der Waals surface area contributed by atoms with Gasteiger partial charge in [0, 0.05) is 31.5 Å². The molecule has 1 aliphatic rings. The first kappa shape index (κ1) is 12.3. The molecule has 1 fully saturated rings. The van der Waals surface area contributed by atoms with Gasteiger partial charge in [-0.15, -0.1) is 0 Å². The van der Waals surface area contributed by atoms with Crippen LogP contribution in [0.1, 0.15) is 23.2 Å². The van der Waals surface area contributed by atoms with Crippen molar-refractivity contribution in [3.05, 3.63) is 35.9 Å². The highest BCUT2D eigenvalue weighted by Crippen LogP contribution is 2.12. The van der Waals surface area contributed by atoms with Gasteiger partial charge in [-0.1, -0.05) is 18.2 Å². The van der Waals surface area contributed by atoms with E-state index in [9.17, 15) is 14.4 Å². The Morgan fingerprint density at radius 1 is 1.17 bits per heavy atom. The van der Waals surface area contributed by atoms with E-state index >= 15 is 0 Å². The summed E-state index contributed by atoms with van der Waals surface area (Å²) in [5, 5.41) is 2.71. The number of carbonyl (C=O) groups excluding carboxylic acids is 3. The van der Waals surface area contributed by atoms with Crippen LogP contribution in [0.5, 0.6) is 0 Å². The van der Waals surface area contributed by atoms with E-state index in [2.05, 4.69) is 5.32 Å². The Bertz CT molecular complexity index is 466. The van der Waals surface area contributed by atoms with Crippen LogP contribution in [-0.4, -0.2) is 35.7 Å². The zero-order valence-electron chi connectivity index (χ0n) is 10.1. The van der Waals surface area contributed by atoms with Crippen molar-refractivity contribution >= 4 is 17.7 Å². The molecule has 5 nitrogen and oxygen atoms in total. The molecular formula is C13H14N2O3. The number of likely N-dealkylation sites (tertiary alicyclic amines) is 1. The van der Waals surface area contributed by atoms with Crippen molar-refractivity contribution in [2.75, 3.05) is 7.05 Å². The van der Waals surface area contributed by atoms with Crippen molar-refractivity contribution in [2.24, 2.45) is 0 Å². The fraction of sp³-hybridized carbons (Fsp3) is 0.308. The second-order valence-corrected chi connectivity index (χ2v) is 4.29. The zero-order chi connectivity index (χ0) is 13.1. The summed E-state index contributed by atoms with van der Waals surface area (Å²) in [7, 11) is 1.46. The predicted molar refractivity (Wildman–Crippen MR) is 64.7 cm³/mol. The van der Waals surface area contributed by atoms with E-state index in [1.54, 1.807) is 24.3 Å². The van der Waals surface area contributed by atoms with Gasteiger partial charge in [0.2, 0.25) is 11.8 Å². The van der Waals surface area contributed by atoms with Crippen LogP contribution < -0.4 is 5.32 Å². The summed E-state index contributed by atoms with van der Waals surface area (Å²) in [5.41, 5.74) is 0.524. The minimum atomic E-state index is -0.408. The van der Waals surface area contributed by atoms with Crippen LogP contribution in [0.25, 0.3) is 0 Å². The number of piperidine rings is 1. The molecule has 0 spiro atoms. The molecule has 2 rings (SSSR count). The largest absolute Gasteiger partial charge is 0.348 e. The minimum absolute atomic E-state index is 0.167. The molecule has 0 radical (unpaired) electrons. The number of carbonyl (C=O) groups is 3. The van der Waals surface area contributed by atoms with Crippen LogP contribution in [-0.2, 0) is 9.59 Å². The second kappa shape index (κ2) is 5.00. The van der Waals surface area contributed by atoms with Crippen LogP contribution in [0.4, 0.5) is 0 Å². The van der Waals surface area contributed by atoms with Gasteiger partial charge >= 0.3 is 0 Å². The highest BCUT2D eigenvalue weighted by atomic mass is 16.2. The molecule has 1 aromatic carbocycles. The van der Waals surface area contributed by atoms with Gasteiger partial charge in [0.15, 0.2) is 0 Å². The molecule has 0 saturated carbocycles. The molecular weight excluding hydrogens is 232 g/mol. The highest BCUT2D eigenvalue weighted by molar-refractivity contribution is 6.00. The minimum Gasteiger partial charge on any atom is -0.348 e. The van der Waals surface area contributed by atoms with Crippen molar-refractivity contribution in [3.63, 3.8) is 0 Å². The fourth-order valence-electron chi connectivity index (χ4n) is 1.87. The Morgan fingerprint density at radius 3 is 2.28 bits per heavy atom. The first-order valence-electron chi connectivity index (χ1n) is 5.73. The number of amides is 3. The number of nitrogens with zero attached hydrogens (tertiary/aromatic N) is 1. The number of hydrogen-bond donors (Lipinski definition) is 1. The van der Waals surface area contributed by atoms with Crippen LogP contribution in [0.3, 0.4) is 0 Å². The van der Waals surface area contributed by atoms with Gasteiger partial charge in [-0.25, -0.2) is 0 Å². The molecule has 5 heteroatoms. The Kier molecular flexibility index (Phi) is 3.41. The second-order valence-electron chi connectivity index (χ2n) is 4.29. The Balaban J connectivity index is 2.01. The molecule has 0 atom stereocenters. The molecule has 3 amide bonds. The molecule has 0 aromatic heterocycles. The summed E-state index contributed by atoms with van der Waals surface area (Å²) in [6.45, 7) is 0. The third-order valence-electron chi connectivity index (χ3n) is 2.96. The third kappa shape index (κ3) is 2.56. The smallest absolute Gasteiger partial charge is 0.251 e. The number of rotatable bonds is 2. The van der Waals surface area contributed by atoms with Gasteiger partial charge in [-0.05, 0) is 12.1 Å². The van der Waals surface area contributed by atoms with E-state index in [0.29, 0.717) is 5.56 Å². The molecule has 1 aromatic rings. The maximum atomic E-state index is 11.9. The zero-order valence-corrected chi connectivity index (χ0v) is 10.1. The number of hydrogen-bond acceptors (Lipinski definition) is 3. The summed E-state index contributed by atoms with van der Waals surface area (Å²) >= 11 is 0. The van der Waals surface area contributed by atoms with Crippen LogP contribution in [0, 0.1) is 0 Å². The predicted octanol–water partition coefficient (Wildman–Crippen LogP) is 0.564. The lowest BCUT2D eigenvalue weighted by Gasteiger charge is -2.27. The van der Waals surface area contributed by atoms with Crippen LogP contribution >= 0.6 is 0 Å². The van der Waals surface area contributed by atoms with Crippen molar-refractivity contribution < 1.29 is 14.4 Å². The normalized spacial score (nSPS) is 16.8. The maximum absolute atomic E-state index is 11.9. The monoisotopic (exact) mass is 246 g/mol. The summed E-state index contributed by atoms with van der Waals surface area (Å²) in [6, 6.07) is 8.31. The summed E-state index contributed by atoms with van der Waals surface area (Å²) in [4.78, 5) is 35.9. The molecule has 1 N–H and O–H groups in total. The van der Waals surface area contributed by atoms with Crippen LogP contribution in [0.15, 0.2) is 30.3 Å². The first-order valence-corrected chi connectivity index (χ1v) is 5.73. The van der Waals surface area contributed by atoms with Gasteiger partial charge in [-0.3, -0.25) is 19.3 Å². The number of imide groups is 1. The fourth-order valence-corrected chi connectivity index (χ4v) is 1.87. The van der Waals surface area contributed by atoms with E-state index in [0.717, 1.165) is 4.90 Å². The van der Waals surface area contributed by atoms with Gasteiger partial charge in [-0.2, -0.15) is 0 Å². The lowest BCUT2D eigenvalue weighted by Crippen LogP contribution is -2.49. The van der Waals surface area contributed by atoms with E-state index < -0.39 is 6.04 Å². The molecule has 1 saturated heterocycles. The topological polar surface area (TPSA) is 66.5 Å². The quantitative estimate of drug-likeness (QED) is 0.775. The van der Waals surface area contributed by atoms with Crippen molar-refractivity contribution in [3.8, 4) is 0 Å². The maximum Gasteiger partial charge on any atom is 0.251 e. The molecule has 94 valence electrons. The third-order valence-corrected chi connectivity index (χ3v) is 2.96. The number of benzene rings is 1. The Morgan fingerprint density at radius 2 is 1.72 bits per heavy atom. The summed E-state index contributed by atoms with van der Waals surface area (Å²) in [6.07, 6.45) is 0.335. The lowest BCUT2D eigenvalue weighted by molar-refractivity contribution is -0.146. The average molecular weight is 246 g/mol. The molecule has 1 heterocycles. The van der Waals surface area contributed by atoms with Gasteiger partial charge < -0.3 is 5.32 Å². The van der Waals surface area contributed by atoms with Crippen LogP contribution in [0.2, 0.25) is 0 Å². The van der Waals surface area contributed by atoms with Gasteiger partial charge in [0.1, 0.15) is 0 Å². The number of nitrogens with one attached hydrogen (secondary N) is 1. The van der Waals surface area contributed by atoms with E-state index in [-0.39, 0.29) is 30.6 Å². The lowest BCUT2D eigenvalue weighted by atomic mass is 10.0. The molecule has 0 aliphatic carbocycles. The Labute approximate surface area is 105 Å². The van der Waals surface area contributed by atoms with Crippen molar-refractivity contribution in [1.29, 1.82) is 0 Å². The van der Waals surface area contributed by atoms with Crippen molar-refractivity contribution in [2.45, 2.75) is 18.9 Å². The standard InChI is InChI=1S/C13H14N2O3/c1-15-11(16)7-10(8-12(15)17)14-13(18)9-5-3-2-4-6-9/h2-6,10H,7-8H2,1H3,(H,14,18). The summed E-state index contributed by atoms with van der Waals surface area (Å²) < 4.78 is 0. The Hall–Kier alpha value is -2.17. The average Bonchev–Trinajstić information content (AvgIpc) is 2.37. The molecule has 0 unspecified atom stereocenters. The SMILES string of the molecule is CN1C(=O)CC(NC(=O)c2ccccc2)CC1=O. The van der Waals surface area contributed by atoms with Gasteiger partial charge in [0.25, 0.3) is 5.91 Å². The van der Waals surface area contributed by atoms with E-state index in [4.69, 9.17) is 0 Å². The summed E-state index contributed by atoms with van der Waals surface area (Å²) in [5.74, 6) is -0.778. The van der Waals surface area contributed by atoms with Crippen molar-refractivity contribution in [1.82, 2.24) is 10.2 Å². The first-order chi connectivity index (χ1) is 8.58. The van der Waals surface area contributed by atoms with E-state index in [1.807, 2.05) is 6.07 Å². The van der Waals surface area contributed by atoms with E-state index in [1.165, 1.54) is 7.05 Å². The van der Waals surface area contributed by atoms with Gasteiger partial charge in [0.05, 0.1) is 0 Å². The molecule has 0 bridgehead atoms. The molecule has 1 aliphatic heterocycles. The highest BCUT2D eigenvalue weighted by Gasteiger charge is 2.30. The molecule has 18 heavy (non-hydrogen) atoms.